The van der Waals surface area contributed by atoms with Crippen LogP contribution in [0.3, 0.4) is 0 Å². The zero-order valence-corrected chi connectivity index (χ0v) is 12.1. The van der Waals surface area contributed by atoms with E-state index in [9.17, 15) is 14.4 Å². The maximum Gasteiger partial charge on any atom is 0.249 e. The first-order valence-electron chi connectivity index (χ1n) is 7.10. The SMILES string of the molecule is Cc1nc2c(CC(=O)NC3CCC(=O)NC3=O)cccc2[nH]1. The van der Waals surface area contributed by atoms with Gasteiger partial charge in [-0.05, 0) is 25.0 Å². The van der Waals surface area contributed by atoms with E-state index in [1.165, 1.54) is 0 Å². The molecule has 0 bridgehead atoms. The number of para-hydroxylation sites is 1. The Hall–Kier alpha value is -2.70. The molecule has 2 aromatic rings. The number of H-pyrrole nitrogens is 1. The van der Waals surface area contributed by atoms with Crippen LogP contribution in [0.15, 0.2) is 18.2 Å². The van der Waals surface area contributed by atoms with Crippen molar-refractivity contribution in [2.24, 2.45) is 0 Å². The summed E-state index contributed by atoms with van der Waals surface area (Å²) in [6.45, 7) is 1.85. The predicted octanol–water partition coefficient (Wildman–Crippen LogP) is 0.335. The molecule has 1 atom stereocenters. The second-order valence-electron chi connectivity index (χ2n) is 5.38. The van der Waals surface area contributed by atoms with Crippen molar-refractivity contribution in [2.45, 2.75) is 32.2 Å². The normalized spacial score (nSPS) is 18.3. The summed E-state index contributed by atoms with van der Waals surface area (Å²) < 4.78 is 0. The lowest BCUT2D eigenvalue weighted by atomic mass is 10.0. The van der Waals surface area contributed by atoms with E-state index in [0.717, 1.165) is 22.4 Å². The Labute approximate surface area is 126 Å². The Morgan fingerprint density at radius 1 is 1.41 bits per heavy atom. The van der Waals surface area contributed by atoms with E-state index in [0.29, 0.717) is 6.42 Å². The number of aromatic nitrogens is 2. The van der Waals surface area contributed by atoms with Gasteiger partial charge in [0, 0.05) is 6.42 Å². The molecule has 0 saturated carbocycles. The van der Waals surface area contributed by atoms with Gasteiger partial charge < -0.3 is 10.3 Å². The molecule has 1 aliphatic rings. The van der Waals surface area contributed by atoms with Crippen molar-refractivity contribution in [1.82, 2.24) is 20.6 Å². The lowest BCUT2D eigenvalue weighted by molar-refractivity contribution is -0.137. The van der Waals surface area contributed by atoms with Gasteiger partial charge in [0.15, 0.2) is 0 Å². The number of imidazole rings is 1. The molecule has 22 heavy (non-hydrogen) atoms. The van der Waals surface area contributed by atoms with Crippen LogP contribution in [0.5, 0.6) is 0 Å². The first kappa shape index (κ1) is 14.2. The number of nitrogens with one attached hydrogen (secondary N) is 3. The lowest BCUT2D eigenvalue weighted by Gasteiger charge is -2.21. The van der Waals surface area contributed by atoms with Crippen LogP contribution in [0.25, 0.3) is 11.0 Å². The Bertz CT molecular complexity index is 765. The van der Waals surface area contributed by atoms with Gasteiger partial charge in [-0.25, -0.2) is 4.98 Å². The number of carbonyl (C=O) groups is 3. The van der Waals surface area contributed by atoms with Crippen molar-refractivity contribution in [1.29, 1.82) is 0 Å². The highest BCUT2D eigenvalue weighted by atomic mass is 16.2. The van der Waals surface area contributed by atoms with E-state index in [2.05, 4.69) is 20.6 Å². The van der Waals surface area contributed by atoms with E-state index in [1.807, 2.05) is 25.1 Å². The molecule has 2 heterocycles. The molecule has 114 valence electrons. The molecule has 0 spiro atoms. The van der Waals surface area contributed by atoms with Gasteiger partial charge in [-0.15, -0.1) is 0 Å². The molecule has 1 fully saturated rings. The van der Waals surface area contributed by atoms with Crippen molar-refractivity contribution >= 4 is 28.8 Å². The number of aryl methyl sites for hydroxylation is 1. The molecule has 7 nitrogen and oxygen atoms in total. The predicted molar refractivity (Wildman–Crippen MR) is 78.8 cm³/mol. The Balaban J connectivity index is 1.71. The highest BCUT2D eigenvalue weighted by Gasteiger charge is 2.27. The van der Waals surface area contributed by atoms with Crippen molar-refractivity contribution < 1.29 is 14.4 Å². The van der Waals surface area contributed by atoms with Crippen molar-refractivity contribution in [3.05, 3.63) is 29.6 Å². The van der Waals surface area contributed by atoms with Gasteiger partial charge in [0.05, 0.1) is 17.5 Å². The third kappa shape index (κ3) is 2.83. The number of benzene rings is 1. The number of aromatic amines is 1. The molecule has 3 amide bonds. The van der Waals surface area contributed by atoms with Crippen molar-refractivity contribution in [3.8, 4) is 0 Å². The molecule has 1 saturated heterocycles. The van der Waals surface area contributed by atoms with Crippen LogP contribution in [-0.2, 0) is 20.8 Å². The van der Waals surface area contributed by atoms with E-state index >= 15 is 0 Å². The smallest absolute Gasteiger partial charge is 0.249 e. The standard InChI is InChI=1S/C15H16N4O3/c1-8-16-10-4-2-3-9(14(10)17-8)7-13(21)18-11-5-6-12(20)19-15(11)22/h2-4,11H,5-7H2,1H3,(H,16,17)(H,18,21)(H,19,20,22). The van der Waals surface area contributed by atoms with Crippen LogP contribution in [0.4, 0.5) is 0 Å². The van der Waals surface area contributed by atoms with E-state index in [1.54, 1.807) is 0 Å². The molecular weight excluding hydrogens is 284 g/mol. The minimum absolute atomic E-state index is 0.138. The van der Waals surface area contributed by atoms with Crippen molar-refractivity contribution in [2.75, 3.05) is 0 Å². The number of amides is 3. The Morgan fingerprint density at radius 2 is 2.23 bits per heavy atom. The molecule has 1 aliphatic heterocycles. The fourth-order valence-corrected chi connectivity index (χ4v) is 2.61. The molecule has 1 unspecified atom stereocenters. The molecule has 7 heteroatoms. The second-order valence-corrected chi connectivity index (χ2v) is 5.38. The maximum atomic E-state index is 12.1. The summed E-state index contributed by atoms with van der Waals surface area (Å²) in [5.74, 6) is -0.221. The maximum absolute atomic E-state index is 12.1. The number of hydrogen-bond donors (Lipinski definition) is 3. The second kappa shape index (κ2) is 5.59. The third-order valence-corrected chi connectivity index (χ3v) is 3.64. The number of carbonyl (C=O) groups excluding carboxylic acids is 3. The lowest BCUT2D eigenvalue weighted by Crippen LogP contribution is -2.52. The largest absolute Gasteiger partial charge is 0.344 e. The van der Waals surface area contributed by atoms with Crippen LogP contribution >= 0.6 is 0 Å². The number of fused-ring (bicyclic) bond motifs is 1. The van der Waals surface area contributed by atoms with Crippen LogP contribution < -0.4 is 10.6 Å². The summed E-state index contributed by atoms with van der Waals surface area (Å²) in [4.78, 5) is 42.4. The van der Waals surface area contributed by atoms with E-state index in [-0.39, 0.29) is 24.7 Å². The number of rotatable bonds is 3. The average Bonchev–Trinajstić information content (AvgIpc) is 2.83. The monoisotopic (exact) mass is 300 g/mol. The third-order valence-electron chi connectivity index (χ3n) is 3.64. The molecule has 3 rings (SSSR count). The molecule has 3 N–H and O–H groups in total. The van der Waals surface area contributed by atoms with Crippen LogP contribution in [-0.4, -0.2) is 33.7 Å². The summed E-state index contributed by atoms with van der Waals surface area (Å²) in [6, 6.07) is 4.95. The summed E-state index contributed by atoms with van der Waals surface area (Å²) in [5, 5.41) is 4.89. The molecule has 0 radical (unpaired) electrons. The molecular formula is C15H16N4O3. The molecule has 1 aromatic heterocycles. The van der Waals surface area contributed by atoms with Gasteiger partial charge in [-0.2, -0.15) is 0 Å². The highest BCUT2D eigenvalue weighted by Crippen LogP contribution is 2.17. The summed E-state index contributed by atoms with van der Waals surface area (Å²) in [5.41, 5.74) is 2.44. The Morgan fingerprint density at radius 3 is 3.00 bits per heavy atom. The molecule has 1 aromatic carbocycles. The molecule has 0 aliphatic carbocycles. The average molecular weight is 300 g/mol. The number of imide groups is 1. The topological polar surface area (TPSA) is 104 Å². The van der Waals surface area contributed by atoms with Crippen molar-refractivity contribution in [3.63, 3.8) is 0 Å². The quantitative estimate of drug-likeness (QED) is 0.711. The van der Waals surface area contributed by atoms with Gasteiger partial charge >= 0.3 is 0 Å². The first-order valence-corrected chi connectivity index (χ1v) is 7.10. The zero-order valence-electron chi connectivity index (χ0n) is 12.1. The van der Waals surface area contributed by atoms with Crippen LogP contribution in [0.2, 0.25) is 0 Å². The highest BCUT2D eigenvalue weighted by molar-refractivity contribution is 6.01. The number of nitrogens with zero attached hydrogens (tertiary/aromatic N) is 1. The van der Waals surface area contributed by atoms with Crippen LogP contribution in [0.1, 0.15) is 24.2 Å². The fourth-order valence-electron chi connectivity index (χ4n) is 2.61. The van der Waals surface area contributed by atoms with Gasteiger partial charge in [-0.3, -0.25) is 19.7 Å². The van der Waals surface area contributed by atoms with Crippen LogP contribution in [0, 0.1) is 6.92 Å². The fraction of sp³-hybridized carbons (Fsp3) is 0.333. The zero-order chi connectivity index (χ0) is 15.7. The summed E-state index contributed by atoms with van der Waals surface area (Å²) in [6.07, 6.45) is 0.715. The summed E-state index contributed by atoms with van der Waals surface area (Å²) >= 11 is 0. The van der Waals surface area contributed by atoms with Gasteiger partial charge in [0.2, 0.25) is 17.7 Å². The minimum Gasteiger partial charge on any atom is -0.344 e. The number of piperidine rings is 1. The minimum atomic E-state index is -0.648. The van der Waals surface area contributed by atoms with E-state index < -0.39 is 11.9 Å². The number of hydrogen-bond acceptors (Lipinski definition) is 4. The van der Waals surface area contributed by atoms with Gasteiger partial charge in [0.1, 0.15) is 11.9 Å². The summed E-state index contributed by atoms with van der Waals surface area (Å²) in [7, 11) is 0. The Kier molecular flexibility index (Phi) is 3.62. The first-order chi connectivity index (χ1) is 10.5. The van der Waals surface area contributed by atoms with Gasteiger partial charge in [-0.1, -0.05) is 12.1 Å². The van der Waals surface area contributed by atoms with E-state index in [4.69, 9.17) is 0 Å². The van der Waals surface area contributed by atoms with Gasteiger partial charge in [0.25, 0.3) is 0 Å².